The molecule has 0 aliphatic carbocycles. The Hall–Kier alpha value is -1.31. The van der Waals surface area contributed by atoms with Gasteiger partial charge >= 0.3 is 12.0 Å². The van der Waals surface area contributed by atoms with Crippen LogP contribution in [0.1, 0.15) is 26.2 Å². The van der Waals surface area contributed by atoms with Crippen molar-refractivity contribution in [2.45, 2.75) is 31.4 Å². The summed E-state index contributed by atoms with van der Waals surface area (Å²) in [6, 6.07) is -0.411. The van der Waals surface area contributed by atoms with Gasteiger partial charge in [0.25, 0.3) is 0 Å². The van der Waals surface area contributed by atoms with Gasteiger partial charge in [0.1, 0.15) is 0 Å². The molecule has 110 valence electrons. The highest BCUT2D eigenvalue weighted by Gasteiger charge is 2.31. The molecular weight excluding hydrogens is 272 g/mol. The highest BCUT2D eigenvalue weighted by atomic mass is 32.2. The van der Waals surface area contributed by atoms with Gasteiger partial charge in [-0.05, 0) is 19.8 Å². The fraction of sp³-hybridized carbons (Fsp3) is 0.818. The van der Waals surface area contributed by atoms with E-state index in [4.69, 9.17) is 5.11 Å². The molecule has 1 fully saturated rings. The van der Waals surface area contributed by atoms with Gasteiger partial charge in [0.15, 0.2) is 9.84 Å². The molecule has 0 radical (unpaired) electrons. The Bertz CT molecular complexity index is 434. The van der Waals surface area contributed by atoms with Gasteiger partial charge in [0, 0.05) is 19.6 Å². The van der Waals surface area contributed by atoms with E-state index in [1.807, 2.05) is 0 Å². The predicted molar refractivity (Wildman–Crippen MR) is 69.7 cm³/mol. The van der Waals surface area contributed by atoms with Gasteiger partial charge in [-0.2, -0.15) is 0 Å². The molecule has 0 aromatic heterocycles. The van der Waals surface area contributed by atoms with E-state index < -0.39 is 27.1 Å². The van der Waals surface area contributed by atoms with Crippen molar-refractivity contribution in [3.05, 3.63) is 0 Å². The molecular formula is C11H20N2O5S. The van der Waals surface area contributed by atoms with Crippen LogP contribution in [0.15, 0.2) is 0 Å². The average molecular weight is 292 g/mol. The topological polar surface area (TPSA) is 104 Å². The first-order valence-corrected chi connectivity index (χ1v) is 8.04. The first-order valence-electron chi connectivity index (χ1n) is 6.33. The molecule has 1 saturated heterocycles. The summed E-state index contributed by atoms with van der Waals surface area (Å²) in [7, 11) is -3.07. The van der Waals surface area contributed by atoms with Gasteiger partial charge in [0.2, 0.25) is 0 Å². The summed E-state index contributed by atoms with van der Waals surface area (Å²) in [5.41, 5.74) is 0. The molecule has 0 aromatic carbocycles. The number of carboxylic acids is 1. The summed E-state index contributed by atoms with van der Waals surface area (Å²) in [5, 5.41) is 10.6. The Morgan fingerprint density at radius 2 is 2.11 bits per heavy atom. The molecule has 7 nitrogen and oxygen atoms in total. The van der Waals surface area contributed by atoms with Crippen molar-refractivity contribution >= 4 is 21.8 Å². The van der Waals surface area contributed by atoms with E-state index >= 15 is 0 Å². The van der Waals surface area contributed by atoms with Crippen LogP contribution >= 0.6 is 0 Å². The molecule has 1 rings (SSSR count). The van der Waals surface area contributed by atoms with Crippen molar-refractivity contribution in [2.75, 3.05) is 25.4 Å². The van der Waals surface area contributed by atoms with Gasteiger partial charge in [0.05, 0.1) is 17.4 Å². The summed E-state index contributed by atoms with van der Waals surface area (Å²) >= 11 is 0. The number of nitrogens with one attached hydrogen (secondary N) is 1. The van der Waals surface area contributed by atoms with E-state index in [9.17, 15) is 18.0 Å². The van der Waals surface area contributed by atoms with Crippen LogP contribution in [0.3, 0.4) is 0 Å². The smallest absolute Gasteiger partial charge is 0.317 e. The van der Waals surface area contributed by atoms with E-state index in [0.717, 1.165) is 0 Å². The Morgan fingerprint density at radius 3 is 2.58 bits per heavy atom. The first kappa shape index (κ1) is 15.7. The summed E-state index contributed by atoms with van der Waals surface area (Å²) in [5.74, 6) is -0.783. The summed E-state index contributed by atoms with van der Waals surface area (Å²) in [6.07, 6.45) is 1.09. The number of hydrogen-bond donors (Lipinski definition) is 2. The number of sulfone groups is 1. The van der Waals surface area contributed by atoms with E-state index in [-0.39, 0.29) is 25.3 Å². The largest absolute Gasteiger partial charge is 0.481 e. The van der Waals surface area contributed by atoms with Gasteiger partial charge < -0.3 is 15.3 Å². The highest BCUT2D eigenvalue weighted by molar-refractivity contribution is 7.92. The molecule has 2 amide bonds. The van der Waals surface area contributed by atoms with Crippen LogP contribution in [0, 0.1) is 0 Å². The zero-order valence-corrected chi connectivity index (χ0v) is 11.8. The van der Waals surface area contributed by atoms with E-state index in [0.29, 0.717) is 19.4 Å². The average Bonchev–Trinajstić information content (AvgIpc) is 2.66. The number of carbonyl (C=O) groups is 2. The normalized spacial score (nSPS) is 21.0. The lowest BCUT2D eigenvalue weighted by Crippen LogP contribution is -2.44. The minimum absolute atomic E-state index is 0.102. The van der Waals surface area contributed by atoms with Crippen LogP contribution in [0.4, 0.5) is 4.79 Å². The fourth-order valence-corrected chi connectivity index (χ4v) is 3.80. The Kier molecular flexibility index (Phi) is 5.59. The second-order valence-electron chi connectivity index (χ2n) is 4.54. The molecule has 2 N–H and O–H groups in total. The van der Waals surface area contributed by atoms with Crippen LogP contribution in [-0.2, 0) is 14.6 Å². The molecule has 1 unspecified atom stereocenters. The lowest BCUT2D eigenvalue weighted by molar-refractivity contribution is -0.137. The number of urea groups is 1. The Labute approximate surface area is 112 Å². The molecule has 1 aliphatic heterocycles. The molecule has 0 spiro atoms. The van der Waals surface area contributed by atoms with Crippen LogP contribution in [-0.4, -0.2) is 61.1 Å². The highest BCUT2D eigenvalue weighted by Crippen LogP contribution is 2.19. The first-order chi connectivity index (χ1) is 8.86. The number of aliphatic carboxylic acids is 1. The van der Waals surface area contributed by atoms with Gasteiger partial charge in [-0.3, -0.25) is 4.79 Å². The molecule has 1 aliphatic rings. The third-order valence-corrected chi connectivity index (χ3v) is 5.48. The Morgan fingerprint density at radius 1 is 1.42 bits per heavy atom. The van der Waals surface area contributed by atoms with Gasteiger partial charge in [-0.1, -0.05) is 0 Å². The van der Waals surface area contributed by atoms with Gasteiger partial charge in [-0.15, -0.1) is 0 Å². The van der Waals surface area contributed by atoms with Gasteiger partial charge in [-0.25, -0.2) is 13.2 Å². The van der Waals surface area contributed by atoms with Crippen molar-refractivity contribution < 1.29 is 23.1 Å². The Balaban J connectivity index is 2.42. The number of nitrogens with zero attached hydrogens (tertiary/aromatic N) is 1. The minimum Gasteiger partial charge on any atom is -0.481 e. The third kappa shape index (κ3) is 4.70. The standard InChI is InChI=1S/C11H20N2O5S/c1-2-13(6-5-10(14)15)11(16)12-8-9-4-3-7-19(9,17)18/h9H,2-8H2,1H3,(H,12,16)(H,14,15). The fourth-order valence-electron chi connectivity index (χ4n) is 2.03. The summed E-state index contributed by atoms with van der Waals surface area (Å²) in [6.45, 7) is 2.35. The number of hydrogen-bond acceptors (Lipinski definition) is 4. The van der Waals surface area contributed by atoms with Crippen molar-refractivity contribution in [2.24, 2.45) is 0 Å². The maximum atomic E-state index is 11.8. The second kappa shape index (κ2) is 6.74. The number of rotatable bonds is 6. The maximum absolute atomic E-state index is 11.8. The molecule has 1 heterocycles. The lowest BCUT2D eigenvalue weighted by atomic mass is 10.2. The monoisotopic (exact) mass is 292 g/mol. The van der Waals surface area contributed by atoms with Crippen LogP contribution < -0.4 is 5.32 Å². The number of carboxylic acid groups (broad SMARTS) is 1. The van der Waals surface area contributed by atoms with Crippen molar-refractivity contribution in [3.8, 4) is 0 Å². The third-order valence-electron chi connectivity index (χ3n) is 3.21. The predicted octanol–water partition coefficient (Wildman–Crippen LogP) is 0.0698. The molecule has 1 atom stereocenters. The maximum Gasteiger partial charge on any atom is 0.317 e. The van der Waals surface area contributed by atoms with Crippen molar-refractivity contribution in [1.82, 2.24) is 10.2 Å². The molecule has 19 heavy (non-hydrogen) atoms. The lowest BCUT2D eigenvalue weighted by Gasteiger charge is -2.21. The van der Waals surface area contributed by atoms with Crippen molar-refractivity contribution in [1.29, 1.82) is 0 Å². The zero-order valence-electron chi connectivity index (χ0n) is 11.0. The van der Waals surface area contributed by atoms with Crippen LogP contribution in [0.25, 0.3) is 0 Å². The quantitative estimate of drug-likeness (QED) is 0.721. The van der Waals surface area contributed by atoms with Crippen molar-refractivity contribution in [3.63, 3.8) is 0 Å². The number of amides is 2. The second-order valence-corrected chi connectivity index (χ2v) is 6.94. The van der Waals surface area contributed by atoms with E-state index in [1.54, 1.807) is 6.92 Å². The molecule has 8 heteroatoms. The van der Waals surface area contributed by atoms with E-state index in [1.165, 1.54) is 4.90 Å². The SMILES string of the molecule is CCN(CCC(=O)O)C(=O)NCC1CCCS1(=O)=O. The minimum atomic E-state index is -3.07. The van der Waals surface area contributed by atoms with Crippen LogP contribution in [0.2, 0.25) is 0 Å². The molecule has 0 bridgehead atoms. The molecule has 0 saturated carbocycles. The van der Waals surface area contributed by atoms with E-state index in [2.05, 4.69) is 5.32 Å². The van der Waals surface area contributed by atoms with Crippen LogP contribution in [0.5, 0.6) is 0 Å². The number of carbonyl (C=O) groups excluding carboxylic acids is 1. The summed E-state index contributed by atoms with van der Waals surface area (Å²) in [4.78, 5) is 23.6. The zero-order chi connectivity index (χ0) is 14.5. The molecule has 0 aromatic rings. The summed E-state index contributed by atoms with van der Waals surface area (Å²) < 4.78 is 23.2.